The molecular weight excluding hydrogens is 222 g/mol. The summed E-state index contributed by atoms with van der Waals surface area (Å²) in [5, 5.41) is 0. The average molecular weight is 239 g/mol. The Kier molecular flexibility index (Phi) is 4.25. The molecule has 17 heavy (non-hydrogen) atoms. The van der Waals surface area contributed by atoms with Gasteiger partial charge in [-0.1, -0.05) is 6.92 Å². The van der Waals surface area contributed by atoms with Gasteiger partial charge in [-0.15, -0.1) is 0 Å². The predicted molar refractivity (Wildman–Crippen MR) is 63.9 cm³/mol. The Bertz CT molecular complexity index is 456. The maximum Gasteiger partial charge on any atom is 0.310 e. The van der Waals surface area contributed by atoms with Gasteiger partial charge in [-0.2, -0.15) is 0 Å². The number of hydrogen-bond donors (Lipinski definition) is 0. The van der Waals surface area contributed by atoms with Gasteiger partial charge in [0, 0.05) is 33.0 Å². The van der Waals surface area contributed by atoms with Gasteiger partial charge in [-0.05, 0) is 0 Å². The third kappa shape index (κ3) is 3.05. The SMILES string of the molecule is COC(=O)C(C)CN(C)c1nccn(C)c1=O. The number of anilines is 1. The van der Waals surface area contributed by atoms with Crippen molar-refractivity contribution in [1.29, 1.82) is 0 Å². The molecule has 94 valence electrons. The van der Waals surface area contributed by atoms with Gasteiger partial charge in [0.2, 0.25) is 0 Å². The lowest BCUT2D eigenvalue weighted by molar-refractivity contribution is -0.144. The van der Waals surface area contributed by atoms with E-state index >= 15 is 0 Å². The molecule has 1 unspecified atom stereocenters. The van der Waals surface area contributed by atoms with E-state index in [1.807, 2.05) is 0 Å². The number of carbonyl (C=O) groups is 1. The highest BCUT2D eigenvalue weighted by atomic mass is 16.5. The van der Waals surface area contributed by atoms with Crippen LogP contribution in [0.4, 0.5) is 5.82 Å². The number of aromatic nitrogens is 2. The van der Waals surface area contributed by atoms with Crippen LogP contribution in [0.1, 0.15) is 6.92 Å². The summed E-state index contributed by atoms with van der Waals surface area (Å²) in [7, 11) is 4.73. The molecule has 1 heterocycles. The smallest absolute Gasteiger partial charge is 0.310 e. The number of esters is 1. The minimum absolute atomic E-state index is 0.188. The molecule has 1 atom stereocenters. The van der Waals surface area contributed by atoms with E-state index in [4.69, 9.17) is 0 Å². The third-order valence-corrected chi connectivity index (χ3v) is 2.51. The number of methoxy groups -OCH3 is 1. The zero-order valence-corrected chi connectivity index (χ0v) is 10.5. The van der Waals surface area contributed by atoms with Crippen molar-refractivity contribution in [1.82, 2.24) is 9.55 Å². The van der Waals surface area contributed by atoms with Gasteiger partial charge < -0.3 is 14.2 Å². The molecule has 0 aliphatic carbocycles. The molecule has 0 fully saturated rings. The van der Waals surface area contributed by atoms with Gasteiger partial charge in [0.15, 0.2) is 5.82 Å². The van der Waals surface area contributed by atoms with E-state index in [9.17, 15) is 9.59 Å². The Labute approximate surface area is 99.8 Å². The van der Waals surface area contributed by atoms with Crippen LogP contribution in [0.15, 0.2) is 17.2 Å². The molecule has 6 nitrogen and oxygen atoms in total. The minimum Gasteiger partial charge on any atom is -0.469 e. The molecule has 6 heteroatoms. The van der Waals surface area contributed by atoms with Crippen LogP contribution in [0, 0.1) is 5.92 Å². The molecule has 0 aromatic carbocycles. The summed E-state index contributed by atoms with van der Waals surface area (Å²) in [6.45, 7) is 2.13. The second kappa shape index (κ2) is 5.47. The molecule has 0 aliphatic heterocycles. The number of ether oxygens (including phenoxy) is 1. The van der Waals surface area contributed by atoms with Crippen molar-refractivity contribution in [2.75, 3.05) is 25.6 Å². The van der Waals surface area contributed by atoms with E-state index < -0.39 is 0 Å². The van der Waals surface area contributed by atoms with Crippen molar-refractivity contribution in [3.8, 4) is 0 Å². The molecule has 1 aromatic rings. The number of rotatable bonds is 4. The van der Waals surface area contributed by atoms with E-state index in [-0.39, 0.29) is 17.4 Å². The van der Waals surface area contributed by atoms with Crippen LogP contribution in [0.3, 0.4) is 0 Å². The molecule has 0 radical (unpaired) electrons. The topological polar surface area (TPSA) is 64.4 Å². The first-order valence-corrected chi connectivity index (χ1v) is 5.28. The lowest BCUT2D eigenvalue weighted by Gasteiger charge is -2.20. The second-order valence-electron chi connectivity index (χ2n) is 3.97. The number of nitrogens with zero attached hydrogens (tertiary/aromatic N) is 3. The number of aryl methyl sites for hydroxylation is 1. The fourth-order valence-corrected chi connectivity index (χ4v) is 1.52. The van der Waals surface area contributed by atoms with Gasteiger partial charge in [0.25, 0.3) is 5.56 Å². The minimum atomic E-state index is -0.309. The first-order valence-electron chi connectivity index (χ1n) is 5.28. The average Bonchev–Trinajstić information content (AvgIpc) is 2.31. The molecule has 1 aromatic heterocycles. The van der Waals surface area contributed by atoms with Crippen LogP contribution in [-0.4, -0.2) is 36.2 Å². The summed E-state index contributed by atoms with van der Waals surface area (Å²) < 4.78 is 6.08. The van der Waals surface area contributed by atoms with Crippen molar-refractivity contribution in [3.63, 3.8) is 0 Å². The first-order chi connectivity index (χ1) is 7.97. The van der Waals surface area contributed by atoms with Gasteiger partial charge in [0.05, 0.1) is 13.0 Å². The molecule has 0 spiro atoms. The van der Waals surface area contributed by atoms with Crippen molar-refractivity contribution in [3.05, 3.63) is 22.7 Å². The molecule has 0 amide bonds. The molecule has 0 saturated carbocycles. The Morgan fingerprint density at radius 3 is 2.88 bits per heavy atom. The van der Waals surface area contributed by atoms with Crippen molar-refractivity contribution >= 4 is 11.8 Å². The third-order valence-electron chi connectivity index (χ3n) is 2.51. The van der Waals surface area contributed by atoms with Gasteiger partial charge >= 0.3 is 5.97 Å². The maximum atomic E-state index is 11.8. The number of carbonyl (C=O) groups excluding carboxylic acids is 1. The van der Waals surface area contributed by atoms with Crippen LogP contribution < -0.4 is 10.5 Å². The van der Waals surface area contributed by atoms with Crippen molar-refractivity contribution < 1.29 is 9.53 Å². The molecule has 0 N–H and O–H groups in total. The molecule has 0 bridgehead atoms. The standard InChI is InChI=1S/C11H17N3O3/c1-8(11(16)17-4)7-14(3)9-10(15)13(2)6-5-12-9/h5-6,8H,7H2,1-4H3. The van der Waals surface area contributed by atoms with E-state index in [1.165, 1.54) is 11.7 Å². The Balaban J connectivity index is 2.83. The summed E-state index contributed by atoms with van der Waals surface area (Å²) in [6.07, 6.45) is 3.14. The zero-order valence-electron chi connectivity index (χ0n) is 10.5. The van der Waals surface area contributed by atoms with Crippen LogP contribution in [-0.2, 0) is 16.6 Å². The quantitative estimate of drug-likeness (QED) is 0.693. The lowest BCUT2D eigenvalue weighted by Crippen LogP contribution is -2.34. The van der Waals surface area contributed by atoms with Crippen LogP contribution in [0.5, 0.6) is 0 Å². The highest BCUT2D eigenvalue weighted by molar-refractivity contribution is 5.72. The van der Waals surface area contributed by atoms with Gasteiger partial charge in [-0.25, -0.2) is 4.98 Å². The Hall–Kier alpha value is -1.85. The predicted octanol–water partition coefficient (Wildman–Crippen LogP) is 0.0256. The van der Waals surface area contributed by atoms with Crippen molar-refractivity contribution in [2.24, 2.45) is 13.0 Å². The maximum absolute atomic E-state index is 11.8. The highest BCUT2D eigenvalue weighted by Gasteiger charge is 2.18. The van der Waals surface area contributed by atoms with E-state index in [0.29, 0.717) is 12.4 Å². The largest absolute Gasteiger partial charge is 0.469 e. The van der Waals surface area contributed by atoms with Crippen LogP contribution in [0.2, 0.25) is 0 Å². The fourth-order valence-electron chi connectivity index (χ4n) is 1.52. The van der Waals surface area contributed by atoms with Crippen molar-refractivity contribution in [2.45, 2.75) is 6.92 Å². The van der Waals surface area contributed by atoms with E-state index in [1.54, 1.807) is 38.3 Å². The summed E-state index contributed by atoms with van der Waals surface area (Å²) in [5.74, 6) is -0.285. The summed E-state index contributed by atoms with van der Waals surface area (Å²) in [5.41, 5.74) is -0.188. The summed E-state index contributed by atoms with van der Waals surface area (Å²) in [4.78, 5) is 28.7. The van der Waals surface area contributed by atoms with E-state index in [0.717, 1.165) is 0 Å². The van der Waals surface area contributed by atoms with Crippen LogP contribution >= 0.6 is 0 Å². The summed E-state index contributed by atoms with van der Waals surface area (Å²) >= 11 is 0. The molecule has 1 rings (SSSR count). The summed E-state index contributed by atoms with van der Waals surface area (Å²) in [6, 6.07) is 0. The fraction of sp³-hybridized carbons (Fsp3) is 0.545. The first kappa shape index (κ1) is 13.2. The lowest BCUT2D eigenvalue weighted by atomic mass is 10.2. The van der Waals surface area contributed by atoms with Crippen LogP contribution in [0.25, 0.3) is 0 Å². The highest BCUT2D eigenvalue weighted by Crippen LogP contribution is 2.06. The van der Waals surface area contributed by atoms with Gasteiger partial charge in [0.1, 0.15) is 0 Å². The van der Waals surface area contributed by atoms with E-state index in [2.05, 4.69) is 9.72 Å². The molecule has 0 saturated heterocycles. The normalized spacial score (nSPS) is 12.0. The Morgan fingerprint density at radius 1 is 1.65 bits per heavy atom. The zero-order chi connectivity index (χ0) is 13.0. The second-order valence-corrected chi connectivity index (χ2v) is 3.97. The molecule has 0 aliphatic rings. The Morgan fingerprint density at radius 2 is 2.29 bits per heavy atom. The monoisotopic (exact) mass is 239 g/mol. The number of hydrogen-bond acceptors (Lipinski definition) is 5. The van der Waals surface area contributed by atoms with Gasteiger partial charge in [-0.3, -0.25) is 9.59 Å². The molecular formula is C11H17N3O3.